The average molecular weight is 257 g/mol. The van der Waals surface area contributed by atoms with E-state index in [0.29, 0.717) is 0 Å². The van der Waals surface area contributed by atoms with E-state index >= 15 is 0 Å². The first-order chi connectivity index (χ1) is 8.50. The fraction of sp³-hybridized carbons (Fsp3) is 0.417. The molecule has 1 amide bonds. The van der Waals surface area contributed by atoms with Crippen molar-refractivity contribution in [2.24, 2.45) is 5.41 Å². The van der Waals surface area contributed by atoms with E-state index in [1.165, 1.54) is 7.05 Å². The molecule has 0 saturated carbocycles. The number of aliphatic hydroxyl groups is 1. The molecule has 1 aromatic rings. The minimum Gasteiger partial charge on any atom is -0.395 e. The minimum atomic E-state index is -1.03. The Labute approximate surface area is 103 Å². The van der Waals surface area contributed by atoms with Crippen LogP contribution in [0, 0.1) is 17.0 Å². The van der Waals surface area contributed by atoms with Gasteiger partial charge in [-0.2, -0.15) is 0 Å². The smallest absolute Gasteiger partial charge is 0.240 e. The average Bonchev–Trinajstić information content (AvgIpc) is 2.30. The standard InChI is InChI=1S/C12H13F2NO3/c1-15(10-4-8(13)2-3-9(10)14)11(17)12(5-16)6-18-7-12/h2-4,16H,5-7H2,1H3. The van der Waals surface area contributed by atoms with Crippen LogP contribution in [0.3, 0.4) is 0 Å². The number of hydrogen-bond donors (Lipinski definition) is 1. The summed E-state index contributed by atoms with van der Waals surface area (Å²) in [7, 11) is 1.34. The maximum absolute atomic E-state index is 13.5. The third-order valence-electron chi connectivity index (χ3n) is 3.09. The lowest BCUT2D eigenvalue weighted by Crippen LogP contribution is -2.57. The van der Waals surface area contributed by atoms with Crippen molar-refractivity contribution in [3.05, 3.63) is 29.8 Å². The molecule has 4 nitrogen and oxygen atoms in total. The van der Waals surface area contributed by atoms with Crippen molar-refractivity contribution < 1.29 is 23.4 Å². The molecule has 1 aromatic carbocycles. The Hall–Kier alpha value is -1.53. The van der Waals surface area contributed by atoms with E-state index < -0.39 is 23.0 Å². The topological polar surface area (TPSA) is 49.8 Å². The van der Waals surface area contributed by atoms with Crippen LogP contribution in [0.5, 0.6) is 0 Å². The number of amides is 1. The third kappa shape index (κ3) is 1.97. The Balaban J connectivity index is 2.28. The fourth-order valence-electron chi connectivity index (χ4n) is 1.84. The Morgan fingerprint density at radius 3 is 2.67 bits per heavy atom. The molecule has 98 valence electrons. The van der Waals surface area contributed by atoms with Crippen molar-refractivity contribution >= 4 is 11.6 Å². The van der Waals surface area contributed by atoms with Gasteiger partial charge in [0.25, 0.3) is 0 Å². The van der Waals surface area contributed by atoms with Crippen LogP contribution in [-0.2, 0) is 9.53 Å². The number of ether oxygens (including phenoxy) is 1. The van der Waals surface area contributed by atoms with Crippen LogP contribution in [0.25, 0.3) is 0 Å². The molecule has 0 aliphatic carbocycles. The Morgan fingerprint density at radius 1 is 1.50 bits per heavy atom. The quantitative estimate of drug-likeness (QED) is 0.876. The summed E-state index contributed by atoms with van der Waals surface area (Å²) in [5.41, 5.74) is -1.19. The van der Waals surface area contributed by atoms with E-state index in [-0.39, 0.29) is 25.5 Å². The largest absolute Gasteiger partial charge is 0.395 e. The van der Waals surface area contributed by atoms with Crippen molar-refractivity contribution in [1.82, 2.24) is 0 Å². The molecule has 1 aliphatic heterocycles. The number of carbonyl (C=O) groups is 1. The summed E-state index contributed by atoms with van der Waals surface area (Å²) in [6.07, 6.45) is 0. The van der Waals surface area contributed by atoms with Gasteiger partial charge in [-0.05, 0) is 12.1 Å². The summed E-state index contributed by atoms with van der Waals surface area (Å²) in [5, 5.41) is 9.23. The first-order valence-electron chi connectivity index (χ1n) is 5.42. The van der Waals surface area contributed by atoms with Crippen LogP contribution in [-0.4, -0.2) is 37.9 Å². The highest BCUT2D eigenvalue weighted by atomic mass is 19.1. The van der Waals surface area contributed by atoms with Gasteiger partial charge in [-0.15, -0.1) is 0 Å². The minimum absolute atomic E-state index is 0.0869. The van der Waals surface area contributed by atoms with Crippen molar-refractivity contribution in [2.45, 2.75) is 0 Å². The van der Waals surface area contributed by atoms with E-state index in [4.69, 9.17) is 4.74 Å². The molecule has 1 saturated heterocycles. The first-order valence-corrected chi connectivity index (χ1v) is 5.42. The Bertz CT molecular complexity index is 469. The number of nitrogens with zero attached hydrogens (tertiary/aromatic N) is 1. The number of hydrogen-bond acceptors (Lipinski definition) is 3. The van der Waals surface area contributed by atoms with E-state index in [0.717, 1.165) is 23.1 Å². The molecule has 1 heterocycles. The summed E-state index contributed by atoms with van der Waals surface area (Å²) >= 11 is 0. The summed E-state index contributed by atoms with van der Waals surface area (Å²) in [6.45, 7) is -0.208. The first kappa shape index (κ1) is 12.9. The van der Waals surface area contributed by atoms with Crippen LogP contribution in [0.15, 0.2) is 18.2 Å². The molecule has 1 N–H and O–H groups in total. The molecule has 0 bridgehead atoms. The van der Waals surface area contributed by atoms with Crippen molar-refractivity contribution in [1.29, 1.82) is 0 Å². The summed E-state index contributed by atoms with van der Waals surface area (Å²) in [6, 6.07) is 2.88. The van der Waals surface area contributed by atoms with Gasteiger partial charge in [-0.3, -0.25) is 4.79 Å². The van der Waals surface area contributed by atoms with Crippen LogP contribution in [0.2, 0.25) is 0 Å². The van der Waals surface area contributed by atoms with Gasteiger partial charge in [0.15, 0.2) is 0 Å². The summed E-state index contributed by atoms with van der Waals surface area (Å²) < 4.78 is 31.5. The number of benzene rings is 1. The van der Waals surface area contributed by atoms with E-state index in [1.54, 1.807) is 0 Å². The molecule has 1 fully saturated rings. The fourth-order valence-corrected chi connectivity index (χ4v) is 1.84. The maximum atomic E-state index is 13.5. The molecular formula is C12H13F2NO3. The highest BCUT2D eigenvalue weighted by Gasteiger charge is 2.47. The second-order valence-electron chi connectivity index (χ2n) is 4.39. The third-order valence-corrected chi connectivity index (χ3v) is 3.09. The van der Waals surface area contributed by atoms with Gasteiger partial charge in [-0.25, -0.2) is 8.78 Å². The lowest BCUT2D eigenvalue weighted by atomic mass is 9.85. The molecule has 0 atom stereocenters. The second kappa shape index (κ2) is 4.62. The lowest BCUT2D eigenvalue weighted by molar-refractivity contribution is -0.167. The van der Waals surface area contributed by atoms with Crippen LogP contribution in [0.1, 0.15) is 0 Å². The van der Waals surface area contributed by atoms with Crippen molar-refractivity contribution in [3.8, 4) is 0 Å². The second-order valence-corrected chi connectivity index (χ2v) is 4.39. The number of carbonyl (C=O) groups excluding carboxylic acids is 1. The number of anilines is 1. The van der Waals surface area contributed by atoms with Gasteiger partial charge in [0, 0.05) is 13.1 Å². The zero-order chi connectivity index (χ0) is 13.3. The molecule has 1 aliphatic rings. The highest BCUT2D eigenvalue weighted by Crippen LogP contribution is 2.31. The lowest BCUT2D eigenvalue weighted by Gasteiger charge is -2.40. The number of rotatable bonds is 3. The molecule has 6 heteroatoms. The summed E-state index contributed by atoms with van der Waals surface area (Å²) in [5.74, 6) is -1.81. The van der Waals surface area contributed by atoms with Gasteiger partial charge >= 0.3 is 0 Å². The molecule has 2 rings (SSSR count). The van der Waals surface area contributed by atoms with E-state index in [9.17, 15) is 18.7 Å². The van der Waals surface area contributed by atoms with Crippen molar-refractivity contribution in [2.75, 3.05) is 31.8 Å². The van der Waals surface area contributed by atoms with Crippen LogP contribution >= 0.6 is 0 Å². The summed E-state index contributed by atoms with van der Waals surface area (Å²) in [4.78, 5) is 13.2. The van der Waals surface area contributed by atoms with Gasteiger partial charge in [-0.1, -0.05) is 0 Å². The zero-order valence-corrected chi connectivity index (χ0v) is 9.82. The number of halogens is 2. The maximum Gasteiger partial charge on any atom is 0.240 e. The predicted octanol–water partition coefficient (Wildman–Crippen LogP) is 0.937. The van der Waals surface area contributed by atoms with Gasteiger partial charge in [0.1, 0.15) is 17.0 Å². The molecular weight excluding hydrogens is 244 g/mol. The monoisotopic (exact) mass is 257 g/mol. The zero-order valence-electron chi connectivity index (χ0n) is 9.82. The van der Waals surface area contributed by atoms with Crippen LogP contribution in [0.4, 0.5) is 14.5 Å². The molecule has 0 aromatic heterocycles. The van der Waals surface area contributed by atoms with Gasteiger partial charge < -0.3 is 14.7 Å². The SMILES string of the molecule is CN(C(=O)C1(CO)COC1)c1cc(F)ccc1F. The van der Waals surface area contributed by atoms with Gasteiger partial charge in [0.2, 0.25) is 5.91 Å². The predicted molar refractivity (Wildman–Crippen MR) is 60.1 cm³/mol. The Kier molecular flexibility index (Phi) is 3.32. The molecule has 0 radical (unpaired) electrons. The van der Waals surface area contributed by atoms with Crippen molar-refractivity contribution in [3.63, 3.8) is 0 Å². The number of aliphatic hydroxyl groups excluding tert-OH is 1. The van der Waals surface area contributed by atoms with Gasteiger partial charge in [0.05, 0.1) is 25.5 Å². The molecule has 0 unspecified atom stereocenters. The normalized spacial score (nSPS) is 17.1. The molecule has 0 spiro atoms. The molecule has 18 heavy (non-hydrogen) atoms. The van der Waals surface area contributed by atoms with Crippen LogP contribution < -0.4 is 4.90 Å². The highest BCUT2D eigenvalue weighted by molar-refractivity contribution is 5.98. The van der Waals surface area contributed by atoms with E-state index in [2.05, 4.69) is 0 Å². The Morgan fingerprint density at radius 2 is 2.17 bits per heavy atom. The van der Waals surface area contributed by atoms with E-state index in [1.807, 2.05) is 0 Å².